The van der Waals surface area contributed by atoms with E-state index in [0.29, 0.717) is 5.56 Å². The normalized spacial score (nSPS) is 9.68. The lowest BCUT2D eigenvalue weighted by molar-refractivity contribution is 0.414. The third-order valence-electron chi connectivity index (χ3n) is 2.80. The molecule has 1 aromatic heterocycles. The summed E-state index contributed by atoms with van der Waals surface area (Å²) >= 11 is 0. The third kappa shape index (κ3) is 3.46. The predicted octanol–water partition coefficient (Wildman–Crippen LogP) is 2.62. The van der Waals surface area contributed by atoms with Crippen molar-refractivity contribution >= 4 is 5.69 Å². The molecule has 0 aliphatic carbocycles. The van der Waals surface area contributed by atoms with E-state index in [-0.39, 0.29) is 0 Å². The molecule has 4 heteroatoms. The average molecular weight is 253 g/mol. The molecule has 0 unspecified atom stereocenters. The smallest absolute Gasteiger partial charge is 0.119 e. The van der Waals surface area contributed by atoms with Crippen molar-refractivity contribution in [1.29, 1.82) is 5.26 Å². The molecule has 2 rings (SSSR count). The first-order valence-corrected chi connectivity index (χ1v) is 6.04. The van der Waals surface area contributed by atoms with Gasteiger partial charge in [0, 0.05) is 12.7 Å². The Balaban J connectivity index is 1.94. The summed E-state index contributed by atoms with van der Waals surface area (Å²) in [4.78, 5) is 4.01. The molecule has 96 valence electrons. The van der Waals surface area contributed by atoms with Crippen LogP contribution in [0.5, 0.6) is 5.75 Å². The van der Waals surface area contributed by atoms with Gasteiger partial charge in [0.2, 0.25) is 0 Å². The van der Waals surface area contributed by atoms with Gasteiger partial charge in [-0.05, 0) is 30.2 Å². The van der Waals surface area contributed by atoms with Crippen molar-refractivity contribution < 1.29 is 4.74 Å². The van der Waals surface area contributed by atoms with Gasteiger partial charge in [-0.15, -0.1) is 0 Å². The standard InChI is InChI=1S/C15H15N3O/c1-19-14-4-2-3-12(9-14)5-8-18-15-11-17-7-6-13(15)10-16/h2-4,6-7,9,11,18H,5,8H2,1H3. The van der Waals surface area contributed by atoms with E-state index in [1.807, 2.05) is 18.2 Å². The highest BCUT2D eigenvalue weighted by Gasteiger charge is 2.01. The van der Waals surface area contributed by atoms with Gasteiger partial charge < -0.3 is 10.1 Å². The molecule has 19 heavy (non-hydrogen) atoms. The van der Waals surface area contributed by atoms with Crippen LogP contribution in [0.1, 0.15) is 11.1 Å². The van der Waals surface area contributed by atoms with Crippen molar-refractivity contribution in [3.8, 4) is 11.8 Å². The largest absolute Gasteiger partial charge is 0.497 e. The van der Waals surface area contributed by atoms with Crippen LogP contribution >= 0.6 is 0 Å². The van der Waals surface area contributed by atoms with Gasteiger partial charge in [-0.3, -0.25) is 4.98 Å². The highest BCUT2D eigenvalue weighted by molar-refractivity contribution is 5.55. The van der Waals surface area contributed by atoms with Crippen molar-refractivity contribution in [2.45, 2.75) is 6.42 Å². The van der Waals surface area contributed by atoms with Crippen LogP contribution in [0.15, 0.2) is 42.7 Å². The number of rotatable bonds is 5. The van der Waals surface area contributed by atoms with E-state index in [9.17, 15) is 0 Å². The topological polar surface area (TPSA) is 57.9 Å². The van der Waals surface area contributed by atoms with E-state index in [4.69, 9.17) is 10.00 Å². The van der Waals surface area contributed by atoms with E-state index in [2.05, 4.69) is 22.4 Å². The maximum absolute atomic E-state index is 8.97. The SMILES string of the molecule is COc1cccc(CCNc2cnccc2C#N)c1. The summed E-state index contributed by atoms with van der Waals surface area (Å²) in [7, 11) is 1.66. The minimum atomic E-state index is 0.612. The lowest BCUT2D eigenvalue weighted by Gasteiger charge is -2.08. The molecule has 0 amide bonds. The Labute approximate surface area is 112 Å². The molecule has 1 heterocycles. The summed E-state index contributed by atoms with van der Waals surface area (Å²) in [6, 6.07) is 11.8. The molecule has 0 saturated heterocycles. The molecule has 0 saturated carbocycles. The number of benzene rings is 1. The minimum Gasteiger partial charge on any atom is -0.497 e. The van der Waals surface area contributed by atoms with Crippen LogP contribution in [0, 0.1) is 11.3 Å². The van der Waals surface area contributed by atoms with E-state index < -0.39 is 0 Å². The highest BCUT2D eigenvalue weighted by atomic mass is 16.5. The van der Waals surface area contributed by atoms with Gasteiger partial charge in [-0.25, -0.2) is 0 Å². The van der Waals surface area contributed by atoms with Crippen LogP contribution < -0.4 is 10.1 Å². The molecular weight excluding hydrogens is 238 g/mol. The van der Waals surface area contributed by atoms with Crippen LogP contribution in [-0.4, -0.2) is 18.6 Å². The zero-order chi connectivity index (χ0) is 13.5. The highest BCUT2D eigenvalue weighted by Crippen LogP contribution is 2.14. The summed E-state index contributed by atoms with van der Waals surface area (Å²) in [5.41, 5.74) is 2.57. The Bertz CT molecular complexity index is 590. The Hall–Kier alpha value is -2.54. The number of aromatic nitrogens is 1. The summed E-state index contributed by atoms with van der Waals surface area (Å²) in [6.45, 7) is 0.744. The molecule has 2 aromatic rings. The van der Waals surface area contributed by atoms with Crippen LogP contribution in [0.25, 0.3) is 0 Å². The van der Waals surface area contributed by atoms with E-state index in [0.717, 1.165) is 24.4 Å². The molecule has 1 aromatic carbocycles. The molecular formula is C15H15N3O. The summed E-state index contributed by atoms with van der Waals surface area (Å²) < 4.78 is 5.18. The van der Waals surface area contributed by atoms with Crippen LogP contribution in [0.2, 0.25) is 0 Å². The fourth-order valence-corrected chi connectivity index (χ4v) is 1.80. The number of anilines is 1. The second-order valence-corrected chi connectivity index (χ2v) is 4.06. The zero-order valence-electron chi connectivity index (χ0n) is 10.8. The molecule has 0 fully saturated rings. The van der Waals surface area contributed by atoms with Crippen molar-refractivity contribution in [1.82, 2.24) is 4.98 Å². The van der Waals surface area contributed by atoms with Crippen LogP contribution in [0.4, 0.5) is 5.69 Å². The van der Waals surface area contributed by atoms with Crippen molar-refractivity contribution in [3.63, 3.8) is 0 Å². The van der Waals surface area contributed by atoms with E-state index in [1.54, 1.807) is 25.6 Å². The first-order chi connectivity index (χ1) is 9.33. The van der Waals surface area contributed by atoms with Gasteiger partial charge in [-0.2, -0.15) is 5.26 Å². The first-order valence-electron chi connectivity index (χ1n) is 6.04. The minimum absolute atomic E-state index is 0.612. The number of nitrogens with one attached hydrogen (secondary N) is 1. The molecule has 0 aliphatic rings. The molecule has 0 aliphatic heterocycles. The Morgan fingerprint density at radius 3 is 3.05 bits per heavy atom. The Morgan fingerprint density at radius 1 is 1.37 bits per heavy atom. The van der Waals surface area contributed by atoms with Gasteiger partial charge >= 0.3 is 0 Å². The average Bonchev–Trinajstić information content (AvgIpc) is 2.48. The number of hydrogen-bond donors (Lipinski definition) is 1. The first kappa shape index (κ1) is 12.9. The Kier molecular flexibility index (Phi) is 4.35. The lowest BCUT2D eigenvalue weighted by atomic mass is 10.1. The molecule has 0 radical (unpaired) electrons. The summed E-state index contributed by atoms with van der Waals surface area (Å²) in [6.07, 6.45) is 4.15. The summed E-state index contributed by atoms with van der Waals surface area (Å²) in [5.74, 6) is 0.858. The number of nitrogens with zero attached hydrogens (tertiary/aromatic N) is 2. The van der Waals surface area contributed by atoms with Crippen LogP contribution in [-0.2, 0) is 6.42 Å². The second kappa shape index (κ2) is 6.41. The molecule has 0 spiro atoms. The monoisotopic (exact) mass is 253 g/mol. The van der Waals surface area contributed by atoms with Crippen LogP contribution in [0.3, 0.4) is 0 Å². The maximum atomic E-state index is 8.97. The molecule has 0 atom stereocenters. The number of nitriles is 1. The lowest BCUT2D eigenvalue weighted by Crippen LogP contribution is -2.06. The van der Waals surface area contributed by atoms with Crippen molar-refractivity contribution in [2.24, 2.45) is 0 Å². The zero-order valence-corrected chi connectivity index (χ0v) is 10.8. The molecule has 0 bridgehead atoms. The summed E-state index contributed by atoms with van der Waals surface area (Å²) in [5, 5.41) is 12.2. The third-order valence-corrected chi connectivity index (χ3v) is 2.80. The van der Waals surface area contributed by atoms with Gasteiger partial charge in [0.25, 0.3) is 0 Å². The van der Waals surface area contributed by atoms with E-state index >= 15 is 0 Å². The van der Waals surface area contributed by atoms with Gasteiger partial charge in [-0.1, -0.05) is 12.1 Å². The number of ether oxygens (including phenoxy) is 1. The Morgan fingerprint density at radius 2 is 2.26 bits per heavy atom. The van der Waals surface area contributed by atoms with E-state index in [1.165, 1.54) is 5.56 Å². The number of methoxy groups -OCH3 is 1. The predicted molar refractivity (Wildman–Crippen MR) is 74.1 cm³/mol. The van der Waals surface area contributed by atoms with Crippen molar-refractivity contribution in [3.05, 3.63) is 53.9 Å². The molecule has 1 N–H and O–H groups in total. The van der Waals surface area contributed by atoms with Gasteiger partial charge in [0.15, 0.2) is 0 Å². The number of hydrogen-bond acceptors (Lipinski definition) is 4. The fourth-order valence-electron chi connectivity index (χ4n) is 1.80. The second-order valence-electron chi connectivity index (χ2n) is 4.06. The number of pyridine rings is 1. The van der Waals surface area contributed by atoms with Gasteiger partial charge in [0.1, 0.15) is 11.8 Å². The fraction of sp³-hybridized carbons (Fsp3) is 0.200. The maximum Gasteiger partial charge on any atom is 0.119 e. The molecule has 4 nitrogen and oxygen atoms in total. The van der Waals surface area contributed by atoms with Gasteiger partial charge in [0.05, 0.1) is 24.6 Å². The quantitative estimate of drug-likeness (QED) is 0.889. The van der Waals surface area contributed by atoms with Crippen molar-refractivity contribution in [2.75, 3.05) is 19.0 Å².